The van der Waals surface area contributed by atoms with Crippen LogP contribution >= 0.6 is 0 Å². The number of ether oxygens (including phenoxy) is 1. The van der Waals surface area contributed by atoms with Crippen LogP contribution in [0.1, 0.15) is 61.6 Å². The van der Waals surface area contributed by atoms with Gasteiger partial charge in [0.1, 0.15) is 29.7 Å². The number of nitrogens with two attached hydrogens (primary N) is 1. The zero-order chi connectivity index (χ0) is 25.1. The first-order valence-corrected chi connectivity index (χ1v) is 11.7. The number of anilines is 1. The largest absolute Gasteiger partial charge is 0.384 e. The first kappa shape index (κ1) is 22.4. The standard InChI is InChI=1S/C29H23F2N3O2/c1-14-9-26(32)34-15(2)24(14)13-33-29(35)17-4-7-21-23(11-17)28-20-6-3-16(10-22(20)27(21)36-28)19-8-5-18(30)12-25(19)31/h3-12,27-28H,13H2,1-2H3,(H2,32,34)(H,33,35)/t27-,28-/m1/s1. The molecule has 2 atom stereocenters. The molecular weight excluding hydrogens is 460 g/mol. The van der Waals surface area contributed by atoms with E-state index in [9.17, 15) is 13.6 Å². The fourth-order valence-corrected chi connectivity index (χ4v) is 5.30. The van der Waals surface area contributed by atoms with Crippen molar-refractivity contribution in [3.05, 3.63) is 117 Å². The number of amides is 1. The van der Waals surface area contributed by atoms with E-state index in [0.29, 0.717) is 29.1 Å². The van der Waals surface area contributed by atoms with E-state index in [1.165, 1.54) is 12.1 Å². The molecule has 0 saturated carbocycles. The second-order valence-corrected chi connectivity index (χ2v) is 9.32. The molecule has 1 aromatic heterocycles. The quantitative estimate of drug-likeness (QED) is 0.392. The molecule has 2 bridgehead atoms. The van der Waals surface area contributed by atoms with Crippen LogP contribution in [0.2, 0.25) is 0 Å². The number of benzene rings is 3. The van der Waals surface area contributed by atoms with Crippen molar-refractivity contribution in [3.8, 4) is 11.1 Å². The molecule has 4 aromatic rings. The topological polar surface area (TPSA) is 77.2 Å². The van der Waals surface area contributed by atoms with Gasteiger partial charge in [-0.2, -0.15) is 0 Å². The molecule has 3 heterocycles. The van der Waals surface area contributed by atoms with Crippen LogP contribution in [0.4, 0.5) is 14.6 Å². The second-order valence-electron chi connectivity index (χ2n) is 9.32. The molecule has 0 spiro atoms. The average Bonchev–Trinajstić information content (AvgIpc) is 3.40. The van der Waals surface area contributed by atoms with E-state index in [1.54, 1.807) is 12.1 Å². The SMILES string of the molecule is Cc1cc(N)nc(C)c1CNC(=O)c1ccc2c(c1)[C@@H]1O[C@H]2c2cc(-c3ccc(F)cc3F)ccc21. The van der Waals surface area contributed by atoms with Crippen LogP contribution in [-0.4, -0.2) is 10.9 Å². The molecular formula is C29H23F2N3O2. The van der Waals surface area contributed by atoms with Crippen molar-refractivity contribution >= 4 is 11.7 Å². The summed E-state index contributed by atoms with van der Waals surface area (Å²) in [6.45, 7) is 4.18. The maximum atomic E-state index is 14.3. The molecule has 0 fully saturated rings. The van der Waals surface area contributed by atoms with Crippen molar-refractivity contribution in [2.75, 3.05) is 5.73 Å². The van der Waals surface area contributed by atoms with Crippen molar-refractivity contribution in [1.82, 2.24) is 10.3 Å². The lowest BCUT2D eigenvalue weighted by Crippen LogP contribution is -2.24. The molecule has 5 nitrogen and oxygen atoms in total. The number of nitrogens with zero attached hydrogens (tertiary/aromatic N) is 1. The number of rotatable bonds is 4. The lowest BCUT2D eigenvalue weighted by molar-refractivity contribution is 0.0857. The zero-order valence-corrected chi connectivity index (χ0v) is 19.7. The average molecular weight is 484 g/mol. The van der Waals surface area contributed by atoms with Gasteiger partial charge in [-0.3, -0.25) is 4.79 Å². The lowest BCUT2D eigenvalue weighted by Gasteiger charge is -2.18. The highest BCUT2D eigenvalue weighted by atomic mass is 19.1. The fourth-order valence-electron chi connectivity index (χ4n) is 5.30. The summed E-state index contributed by atoms with van der Waals surface area (Å²) in [4.78, 5) is 17.2. The smallest absolute Gasteiger partial charge is 0.251 e. The molecule has 36 heavy (non-hydrogen) atoms. The summed E-state index contributed by atoms with van der Waals surface area (Å²) >= 11 is 0. The van der Waals surface area contributed by atoms with Crippen LogP contribution in [-0.2, 0) is 11.3 Å². The molecule has 3 aromatic carbocycles. The molecule has 180 valence electrons. The third-order valence-corrected chi connectivity index (χ3v) is 7.08. The number of halogens is 2. The molecule has 2 aliphatic rings. The van der Waals surface area contributed by atoms with Crippen molar-refractivity contribution < 1.29 is 18.3 Å². The monoisotopic (exact) mass is 483 g/mol. The second kappa shape index (κ2) is 8.24. The number of pyridine rings is 1. The van der Waals surface area contributed by atoms with Gasteiger partial charge in [-0.15, -0.1) is 0 Å². The van der Waals surface area contributed by atoms with Gasteiger partial charge in [0.2, 0.25) is 0 Å². The number of hydrogen-bond donors (Lipinski definition) is 2. The molecule has 0 radical (unpaired) electrons. The first-order valence-electron chi connectivity index (χ1n) is 11.7. The summed E-state index contributed by atoms with van der Waals surface area (Å²) in [6.07, 6.45) is -0.572. The van der Waals surface area contributed by atoms with Crippen LogP contribution < -0.4 is 11.1 Å². The Morgan fingerprint density at radius 1 is 0.944 bits per heavy atom. The highest BCUT2D eigenvalue weighted by molar-refractivity contribution is 5.94. The number of aryl methyl sites for hydroxylation is 2. The summed E-state index contributed by atoms with van der Waals surface area (Å²) in [5.74, 6) is -0.929. The summed E-state index contributed by atoms with van der Waals surface area (Å²) in [5, 5.41) is 2.98. The molecule has 0 unspecified atom stereocenters. The Bertz CT molecular complexity index is 1540. The Morgan fingerprint density at radius 2 is 1.67 bits per heavy atom. The van der Waals surface area contributed by atoms with Crippen molar-refractivity contribution in [3.63, 3.8) is 0 Å². The fraction of sp³-hybridized carbons (Fsp3) is 0.172. The number of carbonyl (C=O) groups excluding carboxylic acids is 1. The van der Waals surface area contributed by atoms with E-state index in [4.69, 9.17) is 10.5 Å². The Labute approximate surface area is 206 Å². The van der Waals surface area contributed by atoms with E-state index in [1.807, 2.05) is 44.2 Å². The summed E-state index contributed by atoms with van der Waals surface area (Å²) in [6, 6.07) is 16.6. The van der Waals surface area contributed by atoms with E-state index in [-0.39, 0.29) is 18.1 Å². The van der Waals surface area contributed by atoms with Gasteiger partial charge in [0, 0.05) is 29.4 Å². The third kappa shape index (κ3) is 3.55. The van der Waals surface area contributed by atoms with Gasteiger partial charge in [-0.05, 0) is 89.2 Å². The van der Waals surface area contributed by atoms with Gasteiger partial charge in [-0.1, -0.05) is 18.2 Å². The number of nitrogens with one attached hydrogen (secondary N) is 1. The molecule has 1 amide bonds. The molecule has 0 saturated heterocycles. The summed E-state index contributed by atoms with van der Waals surface area (Å²) in [5.41, 5.74) is 14.0. The lowest BCUT2D eigenvalue weighted by atomic mass is 9.83. The van der Waals surface area contributed by atoms with Gasteiger partial charge in [0.15, 0.2) is 0 Å². The predicted octanol–water partition coefficient (Wildman–Crippen LogP) is 5.68. The normalized spacial score (nSPS) is 17.1. The molecule has 2 aliphatic heterocycles. The summed E-state index contributed by atoms with van der Waals surface area (Å²) < 4.78 is 34.0. The van der Waals surface area contributed by atoms with Crippen LogP contribution in [0, 0.1) is 25.5 Å². The van der Waals surface area contributed by atoms with E-state index in [0.717, 1.165) is 45.1 Å². The molecule has 7 heteroatoms. The van der Waals surface area contributed by atoms with Crippen molar-refractivity contribution in [1.29, 1.82) is 0 Å². The third-order valence-electron chi connectivity index (χ3n) is 7.08. The first-order chi connectivity index (χ1) is 17.3. The number of fused-ring (bicyclic) bond motifs is 8. The van der Waals surface area contributed by atoms with Crippen LogP contribution in [0.15, 0.2) is 60.7 Å². The van der Waals surface area contributed by atoms with Gasteiger partial charge < -0.3 is 15.8 Å². The predicted molar refractivity (Wildman–Crippen MR) is 132 cm³/mol. The Balaban J connectivity index is 1.25. The van der Waals surface area contributed by atoms with Crippen LogP contribution in [0.5, 0.6) is 0 Å². The maximum absolute atomic E-state index is 14.3. The van der Waals surface area contributed by atoms with Crippen molar-refractivity contribution in [2.45, 2.75) is 32.6 Å². The minimum Gasteiger partial charge on any atom is -0.384 e. The highest BCUT2D eigenvalue weighted by Crippen LogP contribution is 2.54. The number of aromatic nitrogens is 1. The van der Waals surface area contributed by atoms with E-state index >= 15 is 0 Å². The van der Waals surface area contributed by atoms with Gasteiger partial charge >= 0.3 is 0 Å². The Hall–Kier alpha value is -4.10. The Kier molecular flexibility index (Phi) is 5.12. The van der Waals surface area contributed by atoms with Gasteiger partial charge in [0.05, 0.1) is 0 Å². The molecule has 0 aliphatic carbocycles. The van der Waals surface area contributed by atoms with Gasteiger partial charge in [-0.25, -0.2) is 13.8 Å². The number of nitrogen functional groups attached to an aromatic ring is 1. The van der Waals surface area contributed by atoms with Gasteiger partial charge in [0.25, 0.3) is 5.91 Å². The molecule has 3 N–H and O–H groups in total. The number of carbonyl (C=O) groups is 1. The van der Waals surface area contributed by atoms with Crippen LogP contribution in [0.3, 0.4) is 0 Å². The summed E-state index contributed by atoms with van der Waals surface area (Å²) in [7, 11) is 0. The molecule has 6 rings (SSSR count). The maximum Gasteiger partial charge on any atom is 0.251 e. The van der Waals surface area contributed by atoms with E-state index < -0.39 is 11.6 Å². The van der Waals surface area contributed by atoms with Crippen molar-refractivity contribution in [2.24, 2.45) is 0 Å². The highest BCUT2D eigenvalue weighted by Gasteiger charge is 2.43. The zero-order valence-electron chi connectivity index (χ0n) is 19.7. The minimum absolute atomic E-state index is 0.182. The van der Waals surface area contributed by atoms with Crippen LogP contribution in [0.25, 0.3) is 11.1 Å². The number of hydrogen-bond acceptors (Lipinski definition) is 4. The minimum atomic E-state index is -0.607. The van der Waals surface area contributed by atoms with E-state index in [2.05, 4.69) is 10.3 Å². The Morgan fingerprint density at radius 3 is 2.39 bits per heavy atom.